The second-order valence-corrected chi connectivity index (χ2v) is 9.99. The summed E-state index contributed by atoms with van der Waals surface area (Å²) in [5, 5.41) is 24.6. The van der Waals surface area contributed by atoms with Crippen LogP contribution in [0.25, 0.3) is 10.4 Å². The molecule has 0 unspecified atom stereocenters. The summed E-state index contributed by atoms with van der Waals surface area (Å²) < 4.78 is 26.3. The molecule has 0 aliphatic carbocycles. The molecule has 1 amide bonds. The topological polar surface area (TPSA) is 162 Å². The molecule has 1 aromatic heterocycles. The number of hydrogen-bond donors (Lipinski definition) is 1. The van der Waals surface area contributed by atoms with Crippen LogP contribution in [0.5, 0.6) is 0 Å². The van der Waals surface area contributed by atoms with E-state index in [9.17, 15) is 33.4 Å². The number of nitro groups is 2. The average molecular weight is 511 g/mol. The number of nitrogens with one attached hydrogen (secondary N) is 1. The lowest BCUT2D eigenvalue weighted by Gasteiger charge is -2.10. The van der Waals surface area contributed by atoms with E-state index < -0.39 is 25.6 Å². The van der Waals surface area contributed by atoms with Crippen LogP contribution in [0.4, 0.5) is 16.5 Å². The van der Waals surface area contributed by atoms with Crippen LogP contribution in [-0.2, 0) is 9.84 Å². The van der Waals surface area contributed by atoms with Crippen molar-refractivity contribution in [3.63, 3.8) is 0 Å². The molecule has 1 heterocycles. The number of sulfone groups is 1. The number of thiazole rings is 1. The van der Waals surface area contributed by atoms with Crippen LogP contribution in [0.3, 0.4) is 0 Å². The van der Waals surface area contributed by atoms with Crippen molar-refractivity contribution in [1.29, 1.82) is 0 Å². The molecule has 0 fully saturated rings. The number of amides is 1. The van der Waals surface area contributed by atoms with Gasteiger partial charge in [-0.1, -0.05) is 35.6 Å². The molecule has 35 heavy (non-hydrogen) atoms. The molecule has 0 radical (unpaired) electrons. The number of nitro benzene ring substituents is 2. The van der Waals surface area contributed by atoms with Crippen LogP contribution in [0.2, 0.25) is 0 Å². The summed E-state index contributed by atoms with van der Waals surface area (Å²) in [5.74, 6) is -0.731. The number of benzene rings is 3. The third-order valence-electron chi connectivity index (χ3n) is 4.85. The van der Waals surface area contributed by atoms with E-state index in [0.717, 1.165) is 35.6 Å². The Morgan fingerprint density at radius 1 is 0.886 bits per heavy atom. The van der Waals surface area contributed by atoms with E-state index in [1.165, 1.54) is 48.7 Å². The highest BCUT2D eigenvalue weighted by molar-refractivity contribution is 7.91. The van der Waals surface area contributed by atoms with Gasteiger partial charge in [0, 0.05) is 36.0 Å². The summed E-state index contributed by atoms with van der Waals surface area (Å²) in [6.45, 7) is 0. The number of carbonyl (C=O) groups excluding carboxylic acids is 1. The molecule has 0 aliphatic heterocycles. The Hall–Kier alpha value is -4.49. The summed E-state index contributed by atoms with van der Waals surface area (Å²) in [6.07, 6.45) is 1.44. The molecule has 0 aliphatic rings. The Kier molecular flexibility index (Phi) is 6.36. The monoisotopic (exact) mass is 510 g/mol. The van der Waals surface area contributed by atoms with Crippen molar-refractivity contribution >= 4 is 43.6 Å². The van der Waals surface area contributed by atoms with E-state index in [4.69, 9.17) is 0 Å². The lowest BCUT2D eigenvalue weighted by Crippen LogP contribution is -2.16. The summed E-state index contributed by atoms with van der Waals surface area (Å²) in [7, 11) is -4.16. The quantitative estimate of drug-likeness (QED) is 0.276. The fraction of sp³-hybridized carbons (Fsp3) is 0. The molecule has 3 aromatic carbocycles. The van der Waals surface area contributed by atoms with Gasteiger partial charge in [-0.25, -0.2) is 13.4 Å². The van der Waals surface area contributed by atoms with E-state index in [1.54, 1.807) is 6.07 Å². The van der Waals surface area contributed by atoms with Crippen molar-refractivity contribution in [3.05, 3.63) is 105 Å². The van der Waals surface area contributed by atoms with E-state index in [0.29, 0.717) is 10.4 Å². The summed E-state index contributed by atoms with van der Waals surface area (Å²) in [6, 6.07) is 15.8. The first kappa shape index (κ1) is 23.7. The van der Waals surface area contributed by atoms with Gasteiger partial charge >= 0.3 is 0 Å². The number of carbonyl (C=O) groups is 1. The SMILES string of the molecule is O=C(Nc1ncc(-c2cccc([N+](=O)[O-])c2)s1)c1ccccc1S(=O)(=O)c1ccc([N+](=O)[O-])cc1. The lowest BCUT2D eigenvalue weighted by molar-refractivity contribution is -0.385. The molecule has 176 valence electrons. The third-order valence-corrected chi connectivity index (χ3v) is 7.64. The zero-order chi connectivity index (χ0) is 25.2. The molecular weight excluding hydrogens is 496 g/mol. The maximum Gasteiger partial charge on any atom is 0.270 e. The van der Waals surface area contributed by atoms with Gasteiger partial charge in [0.2, 0.25) is 9.84 Å². The summed E-state index contributed by atoms with van der Waals surface area (Å²) >= 11 is 1.06. The summed E-state index contributed by atoms with van der Waals surface area (Å²) in [4.78, 5) is 37.9. The molecule has 4 aromatic rings. The second kappa shape index (κ2) is 9.40. The molecule has 1 N–H and O–H groups in total. The van der Waals surface area contributed by atoms with Crippen LogP contribution in [-0.4, -0.2) is 29.2 Å². The first-order chi connectivity index (χ1) is 16.7. The van der Waals surface area contributed by atoms with Gasteiger partial charge in [-0.2, -0.15) is 0 Å². The minimum Gasteiger partial charge on any atom is -0.298 e. The Labute approximate surface area is 201 Å². The Balaban J connectivity index is 1.61. The third kappa shape index (κ3) is 4.90. The predicted molar refractivity (Wildman–Crippen MR) is 127 cm³/mol. The first-order valence-corrected chi connectivity index (χ1v) is 12.1. The van der Waals surface area contributed by atoms with Gasteiger partial charge in [0.1, 0.15) is 0 Å². The molecule has 4 rings (SSSR count). The van der Waals surface area contributed by atoms with Crippen molar-refractivity contribution in [1.82, 2.24) is 4.98 Å². The molecule has 11 nitrogen and oxygen atoms in total. The molecule has 0 spiro atoms. The predicted octanol–water partition coefficient (Wildman–Crippen LogP) is 4.71. The van der Waals surface area contributed by atoms with E-state index in [2.05, 4.69) is 10.3 Å². The Bertz CT molecular complexity index is 1560. The van der Waals surface area contributed by atoms with Gasteiger partial charge in [-0.15, -0.1) is 0 Å². The highest BCUT2D eigenvalue weighted by Gasteiger charge is 2.25. The molecule has 0 saturated carbocycles. The molecular formula is C22H14N4O7S2. The second-order valence-electron chi connectivity index (χ2n) is 7.04. The van der Waals surface area contributed by atoms with Crippen LogP contribution in [0.1, 0.15) is 10.4 Å². The zero-order valence-corrected chi connectivity index (χ0v) is 19.2. The fourth-order valence-corrected chi connectivity index (χ4v) is 5.43. The number of rotatable bonds is 7. The normalized spacial score (nSPS) is 11.1. The van der Waals surface area contributed by atoms with E-state index in [1.807, 2.05) is 0 Å². The van der Waals surface area contributed by atoms with Gasteiger partial charge in [-0.05, 0) is 24.3 Å². The molecule has 0 bridgehead atoms. The lowest BCUT2D eigenvalue weighted by atomic mass is 10.2. The van der Waals surface area contributed by atoms with Gasteiger partial charge in [-0.3, -0.25) is 30.3 Å². The van der Waals surface area contributed by atoms with Crippen molar-refractivity contribution in [2.45, 2.75) is 9.79 Å². The van der Waals surface area contributed by atoms with Crippen molar-refractivity contribution < 1.29 is 23.1 Å². The van der Waals surface area contributed by atoms with Crippen molar-refractivity contribution in [2.24, 2.45) is 0 Å². The number of hydrogen-bond acceptors (Lipinski definition) is 9. The Morgan fingerprint density at radius 3 is 2.26 bits per heavy atom. The van der Waals surface area contributed by atoms with Gasteiger partial charge in [0.15, 0.2) is 5.13 Å². The van der Waals surface area contributed by atoms with Crippen molar-refractivity contribution in [3.8, 4) is 10.4 Å². The maximum absolute atomic E-state index is 13.2. The Morgan fingerprint density at radius 2 is 1.57 bits per heavy atom. The van der Waals surface area contributed by atoms with Crippen LogP contribution in [0.15, 0.2) is 88.8 Å². The van der Waals surface area contributed by atoms with Crippen molar-refractivity contribution in [2.75, 3.05) is 5.32 Å². The van der Waals surface area contributed by atoms with E-state index in [-0.39, 0.29) is 31.9 Å². The molecule has 0 atom stereocenters. The fourth-order valence-electron chi connectivity index (χ4n) is 3.17. The standard InChI is InChI=1S/C22H14N4O7S2/c27-21(24-22-23-13-19(34-22)14-4-3-5-16(12-14)26(30)31)18-6-1-2-7-20(18)35(32,33)17-10-8-15(9-11-17)25(28)29/h1-13H,(H,23,24,27). The van der Waals surface area contributed by atoms with Gasteiger partial charge < -0.3 is 0 Å². The van der Waals surface area contributed by atoms with Gasteiger partial charge in [0.25, 0.3) is 17.3 Å². The number of aromatic nitrogens is 1. The maximum atomic E-state index is 13.2. The zero-order valence-electron chi connectivity index (χ0n) is 17.5. The highest BCUT2D eigenvalue weighted by atomic mass is 32.2. The first-order valence-electron chi connectivity index (χ1n) is 9.77. The van der Waals surface area contributed by atoms with E-state index >= 15 is 0 Å². The molecule has 13 heteroatoms. The smallest absolute Gasteiger partial charge is 0.270 e. The minimum atomic E-state index is -4.16. The number of non-ortho nitro benzene ring substituents is 2. The van der Waals surface area contributed by atoms with Crippen LogP contribution < -0.4 is 5.32 Å². The van der Waals surface area contributed by atoms with Crippen LogP contribution >= 0.6 is 11.3 Å². The molecule has 0 saturated heterocycles. The summed E-state index contributed by atoms with van der Waals surface area (Å²) in [5.41, 5.74) is 0.0430. The minimum absolute atomic E-state index is 0.0909. The largest absolute Gasteiger partial charge is 0.298 e. The number of nitrogens with zero attached hydrogens (tertiary/aromatic N) is 3. The number of anilines is 1. The highest BCUT2D eigenvalue weighted by Crippen LogP contribution is 2.32. The average Bonchev–Trinajstić information content (AvgIpc) is 3.32. The van der Waals surface area contributed by atoms with Crippen LogP contribution in [0, 0.1) is 20.2 Å². The van der Waals surface area contributed by atoms with Gasteiger partial charge in [0.05, 0.1) is 30.1 Å².